The molecule has 0 aliphatic heterocycles. The van der Waals surface area contributed by atoms with E-state index < -0.39 is 12.4 Å². The van der Waals surface area contributed by atoms with Crippen molar-refractivity contribution in [1.29, 1.82) is 0 Å². The van der Waals surface area contributed by atoms with Gasteiger partial charge in [0.1, 0.15) is 0 Å². The van der Waals surface area contributed by atoms with E-state index in [9.17, 15) is 8.78 Å². The molecular weight excluding hydrogens is 394 g/mol. The van der Waals surface area contributed by atoms with Crippen LogP contribution in [-0.4, -0.2) is 12.4 Å². The van der Waals surface area contributed by atoms with Crippen molar-refractivity contribution in [3.8, 4) is 0 Å². The molecule has 1 aliphatic rings. The molecule has 6 heteroatoms. The van der Waals surface area contributed by atoms with E-state index in [2.05, 4.69) is 63.7 Å². The molecule has 0 heterocycles. The van der Waals surface area contributed by atoms with Crippen molar-refractivity contribution >= 4 is 63.7 Å². The van der Waals surface area contributed by atoms with E-state index in [1.54, 1.807) is 0 Å². The van der Waals surface area contributed by atoms with Crippen molar-refractivity contribution in [3.05, 3.63) is 0 Å². The second-order valence-corrected chi connectivity index (χ2v) is 7.35. The van der Waals surface area contributed by atoms with Crippen molar-refractivity contribution in [2.24, 2.45) is 0 Å². The van der Waals surface area contributed by atoms with Crippen LogP contribution in [0.4, 0.5) is 8.78 Å². The highest BCUT2D eigenvalue weighted by molar-refractivity contribution is 9.28. The average molecular weight is 394 g/mol. The van der Waals surface area contributed by atoms with Crippen LogP contribution in [0.1, 0.15) is 0 Å². The molecule has 9 heavy (non-hydrogen) atoms. The predicted molar refractivity (Wildman–Crippen MR) is 46.1 cm³/mol. The van der Waals surface area contributed by atoms with Gasteiger partial charge >= 0.3 is 0 Å². The van der Waals surface area contributed by atoms with Crippen LogP contribution >= 0.6 is 63.7 Å². The lowest BCUT2D eigenvalue weighted by molar-refractivity contribution is 0.330. The summed E-state index contributed by atoms with van der Waals surface area (Å²) in [6, 6.07) is 0. The molecule has 1 aliphatic carbocycles. The molecule has 2 unspecified atom stereocenters. The quantitative estimate of drug-likeness (QED) is 0.552. The topological polar surface area (TPSA) is 0 Å². The first kappa shape index (κ1) is 8.87. The van der Waals surface area contributed by atoms with E-state index in [0.717, 1.165) is 0 Å². The Morgan fingerprint density at radius 3 is 0.889 bits per heavy atom. The molecule has 1 rings (SSSR count). The normalized spacial score (nSPS) is 55.3. The molecule has 0 aromatic carbocycles. The second kappa shape index (κ2) is 1.93. The third-order valence-corrected chi connectivity index (χ3v) is 8.25. The number of rotatable bonds is 0. The summed E-state index contributed by atoms with van der Waals surface area (Å²) in [6.07, 6.45) is 0. The summed E-state index contributed by atoms with van der Waals surface area (Å²) in [5.41, 5.74) is 0. The molecule has 0 amide bonds. The van der Waals surface area contributed by atoms with Crippen molar-refractivity contribution in [3.63, 3.8) is 0 Å². The summed E-state index contributed by atoms with van der Waals surface area (Å²) in [4.78, 5) is 0. The fourth-order valence-corrected chi connectivity index (χ4v) is 3.52. The number of alkyl halides is 6. The molecule has 2 atom stereocenters. The number of hydrogen-bond donors (Lipinski definition) is 0. The van der Waals surface area contributed by atoms with Crippen molar-refractivity contribution < 1.29 is 8.78 Å². The van der Waals surface area contributed by atoms with Crippen LogP contribution in [0, 0.1) is 0 Å². The molecule has 1 fully saturated rings. The molecule has 0 saturated heterocycles. The average Bonchev–Trinajstić information content (AvgIpc) is 1.84. The molecular formula is C3Br4F2. The van der Waals surface area contributed by atoms with Gasteiger partial charge < -0.3 is 0 Å². The summed E-state index contributed by atoms with van der Waals surface area (Å²) in [7, 11) is 0. The number of halogens is 6. The van der Waals surface area contributed by atoms with E-state index in [0.29, 0.717) is 0 Å². The molecule has 0 aromatic rings. The van der Waals surface area contributed by atoms with Gasteiger partial charge in [-0.3, -0.25) is 0 Å². The van der Waals surface area contributed by atoms with Gasteiger partial charge in [0, 0.05) is 0 Å². The van der Waals surface area contributed by atoms with Crippen molar-refractivity contribution in [2.75, 3.05) is 0 Å². The first-order chi connectivity index (χ1) is 3.75. The first-order valence-corrected chi connectivity index (χ1v) is 5.06. The molecule has 0 radical (unpaired) electrons. The Balaban J connectivity index is 2.91. The van der Waals surface area contributed by atoms with Crippen LogP contribution in [0.2, 0.25) is 0 Å². The third-order valence-electron chi connectivity index (χ3n) is 1.12. The fraction of sp³-hybridized carbons (Fsp3) is 1.00. The lowest BCUT2D eigenvalue weighted by Crippen LogP contribution is -1.98. The molecule has 54 valence electrons. The Morgan fingerprint density at radius 1 is 0.778 bits per heavy atom. The maximum Gasteiger partial charge on any atom is 0.240 e. The zero-order valence-corrected chi connectivity index (χ0v) is 10.1. The second-order valence-electron chi connectivity index (χ2n) is 1.72. The van der Waals surface area contributed by atoms with Crippen LogP contribution in [0.5, 0.6) is 0 Å². The van der Waals surface area contributed by atoms with Gasteiger partial charge in [-0.2, -0.15) is 0 Å². The summed E-state index contributed by atoms with van der Waals surface area (Å²) in [5.74, 6) is 0. The van der Waals surface area contributed by atoms with Crippen LogP contribution in [0.25, 0.3) is 0 Å². The third kappa shape index (κ3) is 0.825. The lowest BCUT2D eigenvalue weighted by atomic mass is 10.9. The Labute approximate surface area is 84.3 Å². The molecule has 0 spiro atoms. The SMILES string of the molecule is FC1(Br)C(F)(Br)C1(Br)Br. The summed E-state index contributed by atoms with van der Waals surface area (Å²) in [5, 5.41) is 0. The predicted octanol–water partition coefficient (Wildman–Crippen LogP) is 3.61. The standard InChI is InChI=1S/C3Br4F2/c4-1(5)2(6,8)3(1,7)9. The fourth-order valence-electron chi connectivity index (χ4n) is 0.356. The highest BCUT2D eigenvalue weighted by Gasteiger charge is 2.89. The minimum Gasteiger partial charge on any atom is -0.224 e. The Morgan fingerprint density at radius 2 is 0.889 bits per heavy atom. The Bertz CT molecular complexity index is 111. The molecule has 1 saturated carbocycles. The minimum atomic E-state index is -2.06. The van der Waals surface area contributed by atoms with Gasteiger partial charge in [-0.05, 0) is 31.9 Å². The molecule has 0 bridgehead atoms. The lowest BCUT2D eigenvalue weighted by Gasteiger charge is -1.90. The minimum absolute atomic E-state index is 1.33. The van der Waals surface area contributed by atoms with Gasteiger partial charge in [-0.15, -0.1) is 0 Å². The van der Waals surface area contributed by atoms with Gasteiger partial charge in [-0.1, -0.05) is 31.9 Å². The summed E-state index contributed by atoms with van der Waals surface area (Å²) in [6.45, 7) is 0. The van der Waals surface area contributed by atoms with Gasteiger partial charge in [0.05, 0.1) is 0 Å². The van der Waals surface area contributed by atoms with Gasteiger partial charge in [-0.25, -0.2) is 8.78 Å². The monoisotopic (exact) mass is 390 g/mol. The van der Waals surface area contributed by atoms with Crippen molar-refractivity contribution in [2.45, 2.75) is 12.4 Å². The van der Waals surface area contributed by atoms with Gasteiger partial charge in [0.25, 0.3) is 0 Å². The van der Waals surface area contributed by atoms with E-state index in [1.165, 1.54) is 0 Å². The van der Waals surface area contributed by atoms with Crippen LogP contribution in [0.15, 0.2) is 0 Å². The molecule has 0 aromatic heterocycles. The van der Waals surface area contributed by atoms with Gasteiger partial charge in [0.15, 0.2) is 3.23 Å². The smallest absolute Gasteiger partial charge is 0.224 e. The Hall–Kier alpha value is 1.78. The highest BCUT2D eigenvalue weighted by atomic mass is 79.9. The van der Waals surface area contributed by atoms with Gasteiger partial charge in [0.2, 0.25) is 9.16 Å². The molecule has 0 nitrogen and oxygen atoms in total. The Kier molecular flexibility index (Phi) is 1.90. The van der Waals surface area contributed by atoms with Crippen LogP contribution in [-0.2, 0) is 0 Å². The number of hydrogen-bond acceptors (Lipinski definition) is 0. The summed E-state index contributed by atoms with van der Waals surface area (Å²) < 4.78 is 20.1. The van der Waals surface area contributed by atoms with E-state index in [4.69, 9.17) is 0 Å². The largest absolute Gasteiger partial charge is 0.240 e. The van der Waals surface area contributed by atoms with Crippen LogP contribution < -0.4 is 0 Å². The maximum absolute atomic E-state index is 12.8. The highest BCUT2D eigenvalue weighted by Crippen LogP contribution is 2.78. The van der Waals surface area contributed by atoms with E-state index in [-0.39, 0.29) is 0 Å². The zero-order valence-electron chi connectivity index (χ0n) is 3.77. The maximum atomic E-state index is 12.8. The zero-order chi connectivity index (χ0) is 7.50. The van der Waals surface area contributed by atoms with Crippen molar-refractivity contribution in [1.82, 2.24) is 0 Å². The first-order valence-electron chi connectivity index (χ1n) is 1.88. The molecule has 0 N–H and O–H groups in total. The van der Waals surface area contributed by atoms with Crippen LogP contribution in [0.3, 0.4) is 0 Å². The van der Waals surface area contributed by atoms with E-state index >= 15 is 0 Å². The summed E-state index contributed by atoms with van der Waals surface area (Å²) >= 11 is 10.7. The van der Waals surface area contributed by atoms with E-state index in [1.807, 2.05) is 0 Å².